The van der Waals surface area contributed by atoms with Gasteiger partial charge >= 0.3 is 0 Å². The summed E-state index contributed by atoms with van der Waals surface area (Å²) >= 11 is 0. The van der Waals surface area contributed by atoms with Crippen molar-refractivity contribution in [1.29, 1.82) is 0 Å². The van der Waals surface area contributed by atoms with E-state index >= 15 is 0 Å². The maximum Gasteiger partial charge on any atom is 0.273 e. The molecule has 0 bridgehead atoms. The van der Waals surface area contributed by atoms with Gasteiger partial charge in [0.15, 0.2) is 0 Å². The van der Waals surface area contributed by atoms with Gasteiger partial charge in [-0.05, 0) is 55.4 Å². The number of pyridine rings is 1. The van der Waals surface area contributed by atoms with Gasteiger partial charge in [0.25, 0.3) is 5.56 Å². The molecule has 29 heavy (non-hydrogen) atoms. The molecule has 1 fully saturated rings. The van der Waals surface area contributed by atoms with E-state index < -0.39 is 0 Å². The lowest BCUT2D eigenvalue weighted by molar-refractivity contribution is 0.406. The molecule has 152 valence electrons. The van der Waals surface area contributed by atoms with E-state index in [4.69, 9.17) is 4.74 Å². The van der Waals surface area contributed by atoms with Crippen LogP contribution in [0.15, 0.2) is 53.7 Å². The van der Waals surface area contributed by atoms with E-state index in [2.05, 4.69) is 22.5 Å². The molecular formula is C23H28N4O2. The summed E-state index contributed by atoms with van der Waals surface area (Å²) in [4.78, 5) is 12.6. The summed E-state index contributed by atoms with van der Waals surface area (Å²) in [7, 11) is 5.39. The molecule has 0 saturated heterocycles. The maximum absolute atomic E-state index is 12.6. The Morgan fingerprint density at radius 2 is 1.76 bits per heavy atom. The Kier molecular flexibility index (Phi) is 5.43. The summed E-state index contributed by atoms with van der Waals surface area (Å²) in [6.07, 6.45) is 9.99. The number of ether oxygens (including phenoxy) is 1. The number of aryl methyl sites for hydroxylation is 2. The molecule has 0 atom stereocenters. The van der Waals surface area contributed by atoms with Crippen molar-refractivity contribution in [2.45, 2.75) is 37.6 Å². The fourth-order valence-electron chi connectivity index (χ4n) is 4.21. The number of hydrogen-bond acceptors (Lipinski definition) is 4. The molecule has 6 heteroatoms. The topological polar surface area (TPSA) is 61.1 Å². The van der Waals surface area contributed by atoms with Crippen molar-refractivity contribution < 1.29 is 4.74 Å². The van der Waals surface area contributed by atoms with Gasteiger partial charge in [0, 0.05) is 43.7 Å². The largest absolute Gasteiger partial charge is 0.497 e. The molecule has 1 saturated carbocycles. The van der Waals surface area contributed by atoms with Crippen LogP contribution in [0.3, 0.4) is 0 Å². The van der Waals surface area contributed by atoms with Crippen molar-refractivity contribution in [3.63, 3.8) is 0 Å². The minimum absolute atomic E-state index is 0.00918. The van der Waals surface area contributed by atoms with Gasteiger partial charge in [-0.25, -0.2) is 0 Å². The van der Waals surface area contributed by atoms with E-state index in [9.17, 15) is 4.79 Å². The Hall–Kier alpha value is -3.02. The number of aromatic nitrogens is 3. The van der Waals surface area contributed by atoms with Crippen LogP contribution in [-0.4, -0.2) is 27.5 Å². The van der Waals surface area contributed by atoms with Crippen LogP contribution < -0.4 is 15.6 Å². The van der Waals surface area contributed by atoms with E-state index in [-0.39, 0.29) is 5.56 Å². The van der Waals surface area contributed by atoms with Crippen LogP contribution in [0, 0.1) is 0 Å². The summed E-state index contributed by atoms with van der Waals surface area (Å²) in [6, 6.07) is 10.7. The van der Waals surface area contributed by atoms with Gasteiger partial charge in [-0.1, -0.05) is 12.1 Å². The van der Waals surface area contributed by atoms with E-state index in [1.807, 2.05) is 43.8 Å². The Morgan fingerprint density at radius 1 is 1.03 bits per heavy atom. The molecule has 0 radical (unpaired) electrons. The first-order chi connectivity index (χ1) is 14.0. The van der Waals surface area contributed by atoms with Crippen LogP contribution in [0.25, 0.3) is 11.1 Å². The zero-order valence-electron chi connectivity index (χ0n) is 17.3. The molecule has 1 aliphatic carbocycles. The molecule has 1 aliphatic rings. The van der Waals surface area contributed by atoms with E-state index in [1.165, 1.54) is 5.56 Å². The Bertz CT molecular complexity index is 1030. The number of hydrogen-bond donors (Lipinski definition) is 1. The highest BCUT2D eigenvalue weighted by molar-refractivity contribution is 5.65. The summed E-state index contributed by atoms with van der Waals surface area (Å²) in [5.41, 5.74) is 4.05. The molecule has 1 aromatic carbocycles. The van der Waals surface area contributed by atoms with Crippen molar-refractivity contribution in [2.24, 2.45) is 14.1 Å². The highest BCUT2D eigenvalue weighted by Crippen LogP contribution is 2.34. The van der Waals surface area contributed by atoms with Crippen LogP contribution in [-0.2, 0) is 14.1 Å². The second-order valence-corrected chi connectivity index (χ2v) is 7.93. The summed E-state index contributed by atoms with van der Waals surface area (Å²) in [5.74, 6) is 1.47. The fourth-order valence-corrected chi connectivity index (χ4v) is 4.21. The van der Waals surface area contributed by atoms with Crippen molar-refractivity contribution in [2.75, 3.05) is 12.4 Å². The quantitative estimate of drug-likeness (QED) is 0.715. The van der Waals surface area contributed by atoms with Gasteiger partial charge in [0.05, 0.1) is 13.3 Å². The lowest BCUT2D eigenvalue weighted by atomic mass is 9.81. The number of anilines is 1. The van der Waals surface area contributed by atoms with Crippen molar-refractivity contribution >= 4 is 5.69 Å². The van der Waals surface area contributed by atoms with Gasteiger partial charge in [0.2, 0.25) is 0 Å². The second-order valence-electron chi connectivity index (χ2n) is 7.93. The number of benzene rings is 1. The predicted octanol–water partition coefficient (Wildman–Crippen LogP) is 3.93. The second kappa shape index (κ2) is 8.15. The van der Waals surface area contributed by atoms with E-state index in [0.29, 0.717) is 17.6 Å². The summed E-state index contributed by atoms with van der Waals surface area (Å²) in [5, 5.41) is 7.76. The molecule has 0 spiro atoms. The lowest BCUT2D eigenvalue weighted by Crippen LogP contribution is -2.30. The first-order valence-corrected chi connectivity index (χ1v) is 10.1. The smallest absolute Gasteiger partial charge is 0.273 e. The first-order valence-electron chi connectivity index (χ1n) is 10.1. The van der Waals surface area contributed by atoms with Crippen LogP contribution in [0.2, 0.25) is 0 Å². The summed E-state index contributed by atoms with van der Waals surface area (Å²) in [6.45, 7) is 0. The van der Waals surface area contributed by atoms with Gasteiger partial charge in [0.1, 0.15) is 11.4 Å². The minimum atomic E-state index is 0.00918. The molecule has 2 heterocycles. The van der Waals surface area contributed by atoms with Gasteiger partial charge < -0.3 is 14.6 Å². The fraction of sp³-hybridized carbons (Fsp3) is 0.391. The van der Waals surface area contributed by atoms with Crippen molar-refractivity contribution in [1.82, 2.24) is 14.3 Å². The van der Waals surface area contributed by atoms with Crippen molar-refractivity contribution in [3.05, 3.63) is 64.8 Å². The zero-order valence-corrected chi connectivity index (χ0v) is 17.3. The molecule has 4 rings (SSSR count). The highest BCUT2D eigenvalue weighted by Gasteiger charge is 2.23. The number of nitrogens with zero attached hydrogens (tertiary/aromatic N) is 3. The highest BCUT2D eigenvalue weighted by atomic mass is 16.5. The maximum atomic E-state index is 12.6. The molecule has 0 aliphatic heterocycles. The van der Waals surface area contributed by atoms with Crippen LogP contribution in [0.1, 0.15) is 37.2 Å². The number of nitrogens with one attached hydrogen (secondary N) is 1. The monoisotopic (exact) mass is 392 g/mol. The van der Waals surface area contributed by atoms with Crippen LogP contribution in [0.4, 0.5) is 5.69 Å². The lowest BCUT2D eigenvalue weighted by Gasteiger charge is -2.30. The average molecular weight is 393 g/mol. The molecule has 2 aromatic heterocycles. The third-order valence-corrected chi connectivity index (χ3v) is 5.90. The van der Waals surface area contributed by atoms with E-state index in [0.717, 1.165) is 42.6 Å². The Balaban J connectivity index is 1.45. The normalized spacial score (nSPS) is 19.1. The number of methoxy groups -OCH3 is 1. The third-order valence-electron chi connectivity index (χ3n) is 5.90. The van der Waals surface area contributed by atoms with Crippen LogP contribution in [0.5, 0.6) is 5.75 Å². The van der Waals surface area contributed by atoms with Crippen molar-refractivity contribution in [3.8, 4) is 16.9 Å². The van der Waals surface area contributed by atoms with Gasteiger partial charge in [-0.15, -0.1) is 0 Å². The molecule has 6 nitrogen and oxygen atoms in total. The predicted molar refractivity (Wildman–Crippen MR) is 115 cm³/mol. The molecular weight excluding hydrogens is 364 g/mol. The Labute approximate surface area is 171 Å². The summed E-state index contributed by atoms with van der Waals surface area (Å²) < 4.78 is 8.68. The molecule has 0 amide bonds. The molecule has 1 N–H and O–H groups in total. The Morgan fingerprint density at radius 3 is 2.38 bits per heavy atom. The SMILES string of the molecule is COc1ccc([C@H]2CC[C@@H](Nc3cc(-c4cnn(C)c4)cn(C)c3=O)CC2)cc1. The van der Waals surface area contributed by atoms with Gasteiger partial charge in [-0.2, -0.15) is 5.10 Å². The molecule has 0 unspecified atom stereocenters. The van der Waals surface area contributed by atoms with Crippen LogP contribution >= 0.6 is 0 Å². The number of rotatable bonds is 5. The van der Waals surface area contributed by atoms with Gasteiger partial charge in [-0.3, -0.25) is 9.48 Å². The van der Waals surface area contributed by atoms with E-state index in [1.54, 1.807) is 23.4 Å². The first kappa shape index (κ1) is 19.3. The third kappa shape index (κ3) is 4.21. The minimum Gasteiger partial charge on any atom is -0.497 e. The zero-order chi connectivity index (χ0) is 20.4. The standard InChI is InChI=1S/C23H28N4O2/c1-26-14-18(19-13-24-27(2)15-19)12-22(23(26)28)25-20-8-4-16(5-9-20)17-6-10-21(29-3)11-7-17/h6-7,10-16,20,25H,4-5,8-9H2,1-3H3/t16-,20+. The average Bonchev–Trinajstić information content (AvgIpc) is 3.18. The molecule has 3 aromatic rings.